The monoisotopic (exact) mass is 1370 g/mol. The highest BCUT2D eigenvalue weighted by Crippen LogP contribution is 2.58. The molecule has 2 N–H and O–H groups in total. The van der Waals surface area contributed by atoms with Crippen LogP contribution in [-0.4, -0.2) is 158 Å². The van der Waals surface area contributed by atoms with Crippen molar-refractivity contribution in [3.8, 4) is 22.8 Å². The van der Waals surface area contributed by atoms with E-state index in [1.807, 2.05) is 51.2 Å². The van der Waals surface area contributed by atoms with Gasteiger partial charge in [-0.1, -0.05) is 113 Å². The number of pyridine rings is 2. The molecule has 0 spiro atoms. The fourth-order valence-electron chi connectivity index (χ4n) is 14.5. The molecule has 2 amide bonds. The molecule has 18 nitrogen and oxygen atoms in total. The molecule has 25 heteroatoms. The number of amides is 2. The Balaban J connectivity index is 0.000000149. The maximum Gasteiger partial charge on any atom is 0.488 e. The van der Waals surface area contributed by atoms with Crippen molar-refractivity contribution in [3.05, 3.63) is 132 Å². The molecule has 6 fully saturated rings. The molecule has 3 aromatic carbocycles. The third-order valence-electron chi connectivity index (χ3n) is 19.8. The maximum atomic E-state index is 13.5. The summed E-state index contributed by atoms with van der Waals surface area (Å²) < 4.78 is 65.4. The summed E-state index contributed by atoms with van der Waals surface area (Å²) in [6, 6.07) is 23.4. The first-order valence-electron chi connectivity index (χ1n) is 33.8. The molecule has 7 aromatic rings. The Labute approximate surface area is 572 Å². The van der Waals surface area contributed by atoms with Crippen LogP contribution in [0, 0.1) is 25.0 Å². The summed E-state index contributed by atoms with van der Waals surface area (Å²) in [6.45, 7) is 21.1. The number of benzene rings is 3. The molecule has 6 aliphatic rings. The second kappa shape index (κ2) is 33.2. The lowest BCUT2D eigenvalue weighted by atomic mass is 9.80. The second-order valence-corrected chi connectivity index (χ2v) is 29.3. The number of hydrogen-bond donors (Lipinski definition) is 2. The third-order valence-corrected chi connectivity index (χ3v) is 23.7. The number of alkyl halides is 4. The standard InChI is InChI=1S/C26H26F2N6O.C20H31O2P.C19H22ClF2N5O.C7H6BNO2/c1-17-16-33(25(35)19-7-10-26(27,28)11-8-19)13-14-34(17)24-22-15-30-12-9-21(22)23(31-32-24)18-3-5-20(29-2)6-4-18;1-21-18-14-9-15-19(22-2)20(18)23(16-10-5-3-6-11-16)17-12-7-4-8-13-17;1-12-11-26(18(28)13-2-5-19(21,22)6-3-13)8-9-27(12)17-15-10-23-7-4-14(15)16(20)24-25-17;1-9-7-4-2-6(3-5-7)8(10)11/h3-6,9,12,15,17,19H,7-8,10-11,13-14,16H2,1H3;9,14-17H,3-8,10-13H2,1-2H3;4,7,10,12-13H,2-3,5-6,8-9,11H2,1H3;2-5,10-11H/t17-;;12-;/m1.1./s1. The van der Waals surface area contributed by atoms with Crippen LogP contribution in [0.4, 0.5) is 40.6 Å². The van der Waals surface area contributed by atoms with Crippen molar-refractivity contribution in [3.63, 3.8) is 0 Å². The first kappa shape index (κ1) is 71.9. The average Bonchev–Trinajstić information content (AvgIpc) is 0.807. The molecule has 0 bridgehead atoms. The van der Waals surface area contributed by atoms with Gasteiger partial charge in [-0.25, -0.2) is 27.3 Å². The van der Waals surface area contributed by atoms with Crippen molar-refractivity contribution in [1.29, 1.82) is 0 Å². The largest absolute Gasteiger partial charge is 0.496 e. The van der Waals surface area contributed by atoms with Crippen LogP contribution < -0.4 is 30.0 Å². The van der Waals surface area contributed by atoms with Crippen LogP contribution in [-0.2, 0) is 9.59 Å². The smallest absolute Gasteiger partial charge is 0.488 e. The Bertz CT molecular complexity index is 3840. The lowest BCUT2D eigenvalue weighted by Crippen LogP contribution is -2.55. The number of rotatable bonds is 11. The lowest BCUT2D eigenvalue weighted by molar-refractivity contribution is -0.141. The van der Waals surface area contributed by atoms with Crippen LogP contribution in [0.2, 0.25) is 5.15 Å². The molecule has 6 heterocycles. The lowest BCUT2D eigenvalue weighted by Gasteiger charge is -2.42. The zero-order chi connectivity index (χ0) is 68.8. The summed E-state index contributed by atoms with van der Waals surface area (Å²) in [7, 11) is 1.98. The number of nitrogens with zero attached hydrogens (tertiary/aromatic N) is 12. The van der Waals surface area contributed by atoms with Crippen LogP contribution >= 0.6 is 19.5 Å². The van der Waals surface area contributed by atoms with Crippen LogP contribution in [0.3, 0.4) is 0 Å². The molecule has 4 saturated carbocycles. The number of hydrogen-bond acceptors (Lipinski definition) is 14. The van der Waals surface area contributed by atoms with Gasteiger partial charge in [-0.2, -0.15) is 0 Å². The Kier molecular flexibility index (Phi) is 24.6. The van der Waals surface area contributed by atoms with E-state index in [0.717, 1.165) is 55.6 Å². The van der Waals surface area contributed by atoms with Gasteiger partial charge in [0.05, 0.1) is 32.7 Å². The van der Waals surface area contributed by atoms with Crippen molar-refractivity contribution in [2.75, 3.05) is 63.3 Å². The van der Waals surface area contributed by atoms with Gasteiger partial charge in [0.2, 0.25) is 23.7 Å². The van der Waals surface area contributed by atoms with Gasteiger partial charge in [0.25, 0.3) is 0 Å². The highest BCUT2D eigenvalue weighted by atomic mass is 35.5. The molecule has 0 unspecified atom stereocenters. The molecule has 13 rings (SSSR count). The van der Waals surface area contributed by atoms with E-state index in [1.54, 1.807) is 60.0 Å². The molecule has 2 saturated heterocycles. The normalized spacial score (nSPS) is 20.0. The fraction of sp³-hybridized carbons (Fsp3) is 0.500. The van der Waals surface area contributed by atoms with E-state index >= 15 is 0 Å². The molecular weight excluding hydrogens is 1280 g/mol. The number of carbonyl (C=O) groups is 2. The SMILES string of the molecule is COc1cccc(OC)c1P(C1CCCCC1)C1CCCCC1.C[C@@H]1CN(C(=O)C2CCC(F)(F)CC2)CCN1c1nnc(Cl)c2ccncc12.[C-]#[N+]c1ccc(-c2nnc(N3CCN(C(=O)C4CCC(F)(F)CC4)C[C@H]3C)c3cnccc23)cc1.[C-]#[N+]c1ccc(B(O)O)cc1. The molecular formula is C72H85BClF4N12O6P. The van der Waals surface area contributed by atoms with E-state index in [0.29, 0.717) is 72.9 Å². The van der Waals surface area contributed by atoms with Gasteiger partial charge in [-0.15, -0.1) is 20.4 Å². The number of aromatic nitrogens is 6. The topological polar surface area (TPSA) is 192 Å². The molecule has 2 atom stereocenters. The van der Waals surface area contributed by atoms with E-state index in [4.69, 9.17) is 44.3 Å². The molecule has 4 aliphatic carbocycles. The number of piperazine rings is 2. The van der Waals surface area contributed by atoms with Crippen molar-refractivity contribution in [2.45, 2.75) is 165 Å². The molecule has 4 aromatic heterocycles. The van der Waals surface area contributed by atoms with E-state index in [2.05, 4.69) is 68.1 Å². The molecule has 0 radical (unpaired) electrons. The highest BCUT2D eigenvalue weighted by Gasteiger charge is 2.42. The van der Waals surface area contributed by atoms with Crippen molar-refractivity contribution < 1.29 is 46.7 Å². The number of halogens is 5. The van der Waals surface area contributed by atoms with Crippen molar-refractivity contribution in [1.82, 2.24) is 40.2 Å². The minimum atomic E-state index is -2.64. The first-order valence-corrected chi connectivity index (χ1v) is 35.7. The number of anilines is 2. The minimum Gasteiger partial charge on any atom is -0.496 e. The predicted octanol–water partition coefficient (Wildman–Crippen LogP) is 14.0. The molecule has 97 heavy (non-hydrogen) atoms. The summed E-state index contributed by atoms with van der Waals surface area (Å²) in [4.78, 5) is 48.8. The van der Waals surface area contributed by atoms with Crippen LogP contribution in [0.25, 0.3) is 42.5 Å². The summed E-state index contributed by atoms with van der Waals surface area (Å²) in [6.07, 6.45) is 21.2. The predicted molar refractivity (Wildman–Crippen MR) is 374 cm³/mol. The van der Waals surface area contributed by atoms with E-state index < -0.39 is 19.0 Å². The Morgan fingerprint density at radius 1 is 0.577 bits per heavy atom. The number of fused-ring (bicyclic) bond motifs is 2. The summed E-state index contributed by atoms with van der Waals surface area (Å²) in [5.41, 5.74) is 4.78. The average molecular weight is 1370 g/mol. The molecule has 512 valence electrons. The summed E-state index contributed by atoms with van der Waals surface area (Å²) >= 11 is 6.15. The van der Waals surface area contributed by atoms with E-state index in [-0.39, 0.29) is 95.0 Å². The number of ether oxygens (including phenoxy) is 2. The molecule has 2 aliphatic heterocycles. The number of carbonyl (C=O) groups excluding carboxylic acids is 2. The minimum absolute atomic E-state index is 0.00397. The Morgan fingerprint density at radius 3 is 1.44 bits per heavy atom. The van der Waals surface area contributed by atoms with Gasteiger partial charge in [-0.05, 0) is 106 Å². The number of methoxy groups -OCH3 is 2. The van der Waals surface area contributed by atoms with Gasteiger partial charge >= 0.3 is 7.12 Å². The quantitative estimate of drug-likeness (QED) is 0.0538. The van der Waals surface area contributed by atoms with Crippen molar-refractivity contribution in [2.24, 2.45) is 11.8 Å². The van der Waals surface area contributed by atoms with E-state index in [1.165, 1.54) is 81.6 Å². The van der Waals surface area contributed by atoms with Gasteiger partial charge in [0.15, 0.2) is 28.2 Å². The van der Waals surface area contributed by atoms with Gasteiger partial charge in [0, 0.05) is 141 Å². The zero-order valence-corrected chi connectivity index (χ0v) is 57.2. The highest BCUT2D eigenvalue weighted by molar-refractivity contribution is 7.67. The maximum absolute atomic E-state index is 13.5. The van der Waals surface area contributed by atoms with Crippen LogP contribution in [0.5, 0.6) is 11.5 Å². The van der Waals surface area contributed by atoms with Crippen LogP contribution in [0.1, 0.15) is 129 Å². The Hall–Kier alpha value is -7.82. The summed E-state index contributed by atoms with van der Waals surface area (Å²) in [5, 5.41) is 39.9. The van der Waals surface area contributed by atoms with Gasteiger partial charge in [-0.3, -0.25) is 19.6 Å². The first-order chi connectivity index (χ1) is 46.8. The van der Waals surface area contributed by atoms with Crippen molar-refractivity contribution >= 4 is 93.8 Å². The summed E-state index contributed by atoms with van der Waals surface area (Å²) in [5.74, 6) is -2.34. The second-order valence-electron chi connectivity index (χ2n) is 26.2. The van der Waals surface area contributed by atoms with Gasteiger partial charge < -0.3 is 39.1 Å². The van der Waals surface area contributed by atoms with Gasteiger partial charge in [0.1, 0.15) is 17.2 Å². The third kappa shape index (κ3) is 17.7. The zero-order valence-electron chi connectivity index (χ0n) is 55.6. The fourth-order valence-corrected chi connectivity index (χ4v) is 18.7. The van der Waals surface area contributed by atoms with E-state index in [9.17, 15) is 27.2 Å². The van der Waals surface area contributed by atoms with Crippen LogP contribution in [0.15, 0.2) is 104 Å². The Morgan fingerprint density at radius 2 is 1.01 bits per heavy atom.